The van der Waals surface area contributed by atoms with Gasteiger partial charge in [-0.25, -0.2) is 0 Å². The second-order valence-electron chi connectivity index (χ2n) is 4.64. The molecule has 0 radical (unpaired) electrons. The van der Waals surface area contributed by atoms with Gasteiger partial charge in [0, 0.05) is 6.42 Å². The Morgan fingerprint density at radius 3 is 2.62 bits per heavy atom. The second-order valence-corrected chi connectivity index (χ2v) is 4.64. The average molecular weight is 214 g/mol. The number of allylic oxidation sites excluding steroid dienone is 2. The molecule has 1 aromatic carbocycles. The minimum absolute atomic E-state index is 0.307. The number of benzene rings is 1. The molecule has 0 spiro atoms. The van der Waals surface area contributed by atoms with Crippen LogP contribution in [0.3, 0.4) is 0 Å². The van der Waals surface area contributed by atoms with E-state index in [2.05, 4.69) is 31.2 Å². The first-order valence-electron chi connectivity index (χ1n) is 6.03. The van der Waals surface area contributed by atoms with Gasteiger partial charge in [0.05, 0.1) is 0 Å². The molecule has 1 aliphatic carbocycles. The van der Waals surface area contributed by atoms with Crippen LogP contribution in [0, 0.1) is 0 Å². The summed E-state index contributed by atoms with van der Waals surface area (Å²) in [6.07, 6.45) is 5.76. The normalized spacial score (nSPS) is 18.1. The van der Waals surface area contributed by atoms with E-state index in [-0.39, 0.29) is 0 Å². The monoisotopic (exact) mass is 214 g/mol. The lowest BCUT2D eigenvalue weighted by Crippen LogP contribution is -2.05. The van der Waals surface area contributed by atoms with E-state index in [0.717, 1.165) is 25.7 Å². The standard InChI is InChI=1S/C15H18O/c1-12(14-7-3-2-4-8-14)10-13-6-5-9-15(16)11-13/h2-4,7-8,11-12H,5-6,9-10H2,1H3/t12-/m1/s1. The van der Waals surface area contributed by atoms with Crippen LogP contribution in [-0.4, -0.2) is 5.78 Å². The maximum Gasteiger partial charge on any atom is 0.155 e. The van der Waals surface area contributed by atoms with Crippen molar-refractivity contribution in [2.75, 3.05) is 0 Å². The summed E-state index contributed by atoms with van der Waals surface area (Å²) in [6, 6.07) is 10.5. The Hall–Kier alpha value is -1.37. The van der Waals surface area contributed by atoms with Gasteiger partial charge in [-0.1, -0.05) is 42.8 Å². The van der Waals surface area contributed by atoms with Crippen molar-refractivity contribution >= 4 is 5.78 Å². The molecule has 1 atom stereocenters. The molecule has 84 valence electrons. The first-order chi connectivity index (χ1) is 7.75. The first kappa shape index (κ1) is 11.1. The molecular formula is C15H18O. The van der Waals surface area contributed by atoms with Crippen molar-refractivity contribution in [3.8, 4) is 0 Å². The van der Waals surface area contributed by atoms with Gasteiger partial charge in [0.1, 0.15) is 0 Å². The lowest BCUT2D eigenvalue weighted by atomic mass is 9.88. The van der Waals surface area contributed by atoms with Gasteiger partial charge >= 0.3 is 0 Å². The summed E-state index contributed by atoms with van der Waals surface area (Å²) in [5.41, 5.74) is 2.69. The molecular weight excluding hydrogens is 196 g/mol. The number of hydrogen-bond donors (Lipinski definition) is 0. The molecule has 16 heavy (non-hydrogen) atoms. The largest absolute Gasteiger partial charge is 0.295 e. The van der Waals surface area contributed by atoms with E-state index >= 15 is 0 Å². The number of carbonyl (C=O) groups excluding carboxylic acids is 1. The smallest absolute Gasteiger partial charge is 0.155 e. The topological polar surface area (TPSA) is 17.1 Å². The molecule has 1 aliphatic rings. The van der Waals surface area contributed by atoms with E-state index in [1.165, 1.54) is 11.1 Å². The van der Waals surface area contributed by atoms with Crippen molar-refractivity contribution in [1.82, 2.24) is 0 Å². The van der Waals surface area contributed by atoms with Crippen LogP contribution in [0.2, 0.25) is 0 Å². The van der Waals surface area contributed by atoms with Crippen LogP contribution in [0.1, 0.15) is 44.1 Å². The van der Waals surface area contributed by atoms with Crippen molar-refractivity contribution in [3.63, 3.8) is 0 Å². The molecule has 1 aromatic rings. The molecule has 0 N–H and O–H groups in total. The lowest BCUT2D eigenvalue weighted by molar-refractivity contribution is -0.115. The summed E-state index contributed by atoms with van der Waals surface area (Å²) < 4.78 is 0. The fraction of sp³-hybridized carbons (Fsp3) is 0.400. The van der Waals surface area contributed by atoms with E-state index in [1.54, 1.807) is 0 Å². The van der Waals surface area contributed by atoms with Crippen LogP contribution in [0.4, 0.5) is 0 Å². The van der Waals surface area contributed by atoms with E-state index in [0.29, 0.717) is 11.7 Å². The average Bonchev–Trinajstić information content (AvgIpc) is 2.30. The second kappa shape index (κ2) is 5.11. The van der Waals surface area contributed by atoms with E-state index < -0.39 is 0 Å². The highest BCUT2D eigenvalue weighted by Crippen LogP contribution is 2.27. The third kappa shape index (κ3) is 2.82. The summed E-state index contributed by atoms with van der Waals surface area (Å²) in [5, 5.41) is 0. The summed E-state index contributed by atoms with van der Waals surface area (Å²) in [7, 11) is 0. The van der Waals surface area contributed by atoms with Gasteiger partial charge < -0.3 is 0 Å². The van der Waals surface area contributed by atoms with Crippen molar-refractivity contribution in [3.05, 3.63) is 47.5 Å². The lowest BCUT2D eigenvalue weighted by Gasteiger charge is -2.17. The van der Waals surface area contributed by atoms with Crippen molar-refractivity contribution in [2.45, 2.75) is 38.5 Å². The van der Waals surface area contributed by atoms with Gasteiger partial charge in [0.2, 0.25) is 0 Å². The molecule has 1 heteroatoms. The molecule has 0 saturated heterocycles. The predicted octanol–water partition coefficient (Wildman–Crippen LogP) is 3.86. The molecule has 0 fully saturated rings. The molecule has 1 nitrogen and oxygen atoms in total. The molecule has 0 heterocycles. The minimum atomic E-state index is 0.307. The van der Waals surface area contributed by atoms with E-state index in [9.17, 15) is 4.79 Å². The quantitative estimate of drug-likeness (QED) is 0.746. The highest BCUT2D eigenvalue weighted by molar-refractivity contribution is 5.91. The summed E-state index contributed by atoms with van der Waals surface area (Å²) >= 11 is 0. The zero-order valence-electron chi connectivity index (χ0n) is 9.78. The Morgan fingerprint density at radius 1 is 1.19 bits per heavy atom. The molecule has 0 saturated carbocycles. The van der Waals surface area contributed by atoms with Crippen molar-refractivity contribution in [2.24, 2.45) is 0 Å². The van der Waals surface area contributed by atoms with Crippen LogP contribution in [0.25, 0.3) is 0 Å². The highest BCUT2D eigenvalue weighted by Gasteiger charge is 2.13. The number of carbonyl (C=O) groups is 1. The molecule has 0 amide bonds. The fourth-order valence-corrected chi connectivity index (χ4v) is 2.32. The van der Waals surface area contributed by atoms with E-state index in [1.807, 2.05) is 12.1 Å². The predicted molar refractivity (Wildman–Crippen MR) is 66.4 cm³/mol. The van der Waals surface area contributed by atoms with Gasteiger partial charge in [0.15, 0.2) is 5.78 Å². The van der Waals surface area contributed by atoms with Gasteiger partial charge in [-0.2, -0.15) is 0 Å². The molecule has 0 aromatic heterocycles. The van der Waals surface area contributed by atoms with Gasteiger partial charge in [-0.3, -0.25) is 4.79 Å². The maximum absolute atomic E-state index is 11.3. The molecule has 0 bridgehead atoms. The van der Waals surface area contributed by atoms with Crippen LogP contribution < -0.4 is 0 Å². The number of hydrogen-bond acceptors (Lipinski definition) is 1. The Bertz CT molecular complexity index is 389. The first-order valence-corrected chi connectivity index (χ1v) is 6.03. The van der Waals surface area contributed by atoms with Crippen LogP contribution in [-0.2, 0) is 4.79 Å². The van der Waals surface area contributed by atoms with Gasteiger partial charge in [0.25, 0.3) is 0 Å². The summed E-state index contributed by atoms with van der Waals surface area (Å²) in [4.78, 5) is 11.3. The third-order valence-electron chi connectivity index (χ3n) is 3.22. The minimum Gasteiger partial charge on any atom is -0.295 e. The Morgan fingerprint density at radius 2 is 1.94 bits per heavy atom. The van der Waals surface area contributed by atoms with Crippen LogP contribution in [0.5, 0.6) is 0 Å². The maximum atomic E-state index is 11.3. The highest BCUT2D eigenvalue weighted by atomic mass is 16.1. The third-order valence-corrected chi connectivity index (χ3v) is 3.22. The zero-order chi connectivity index (χ0) is 11.4. The van der Waals surface area contributed by atoms with Gasteiger partial charge in [-0.15, -0.1) is 0 Å². The van der Waals surface area contributed by atoms with Crippen LogP contribution in [0.15, 0.2) is 42.0 Å². The SMILES string of the molecule is C[C@H](CC1=CC(=O)CCC1)c1ccccc1. The Kier molecular flexibility index (Phi) is 3.55. The Balaban J connectivity index is 2.02. The fourth-order valence-electron chi connectivity index (χ4n) is 2.32. The van der Waals surface area contributed by atoms with Crippen molar-refractivity contribution < 1.29 is 4.79 Å². The van der Waals surface area contributed by atoms with Crippen molar-refractivity contribution in [1.29, 1.82) is 0 Å². The van der Waals surface area contributed by atoms with E-state index in [4.69, 9.17) is 0 Å². The summed E-state index contributed by atoms with van der Waals surface area (Å²) in [6.45, 7) is 2.23. The molecule has 0 aliphatic heterocycles. The van der Waals surface area contributed by atoms with Crippen LogP contribution >= 0.6 is 0 Å². The van der Waals surface area contributed by atoms with Gasteiger partial charge in [-0.05, 0) is 36.8 Å². The molecule has 2 rings (SSSR count). The summed E-state index contributed by atoms with van der Waals surface area (Å²) in [5.74, 6) is 0.819. The molecule has 0 unspecified atom stereocenters. The Labute approximate surface area is 97.2 Å². The number of rotatable bonds is 3. The zero-order valence-corrected chi connectivity index (χ0v) is 9.78. The number of ketones is 1.